The fourth-order valence-corrected chi connectivity index (χ4v) is 3.05. The van der Waals surface area contributed by atoms with Crippen LogP contribution in [0.25, 0.3) is 0 Å². The molecule has 3 rings (SSSR count). The number of carbonyl (C=O) groups excluding carboxylic acids is 1. The summed E-state index contributed by atoms with van der Waals surface area (Å²) in [5.41, 5.74) is -0.0158. The summed E-state index contributed by atoms with van der Waals surface area (Å²) in [7, 11) is 0. The molecule has 2 amide bonds. The van der Waals surface area contributed by atoms with Crippen LogP contribution in [0.2, 0.25) is 0 Å². The van der Waals surface area contributed by atoms with Crippen LogP contribution in [-0.2, 0) is 17.7 Å². The first kappa shape index (κ1) is 19.9. The summed E-state index contributed by atoms with van der Waals surface area (Å²) < 4.78 is 43.9. The van der Waals surface area contributed by atoms with Crippen LogP contribution in [0.5, 0.6) is 0 Å². The smallest absolute Gasteiger partial charge is 0.374 e. The van der Waals surface area contributed by atoms with Gasteiger partial charge >= 0.3 is 12.2 Å². The molecule has 9 heteroatoms. The third kappa shape index (κ3) is 5.35. The van der Waals surface area contributed by atoms with Crippen LogP contribution in [-0.4, -0.2) is 47.5 Å². The van der Waals surface area contributed by atoms with Crippen LogP contribution in [0.3, 0.4) is 0 Å². The zero-order chi connectivity index (χ0) is 20.1. The van der Waals surface area contributed by atoms with Crippen LogP contribution >= 0.6 is 0 Å². The molecule has 1 atom stereocenters. The quantitative estimate of drug-likeness (QED) is 0.866. The van der Waals surface area contributed by atoms with Crippen molar-refractivity contribution in [2.24, 2.45) is 0 Å². The molecule has 2 aromatic rings. The normalized spacial score (nSPS) is 17.4. The highest BCUT2D eigenvalue weighted by atomic mass is 19.4. The predicted octanol–water partition coefficient (Wildman–Crippen LogP) is 2.89. The van der Waals surface area contributed by atoms with Gasteiger partial charge in [0.1, 0.15) is 12.2 Å². The van der Waals surface area contributed by atoms with Gasteiger partial charge in [-0.05, 0) is 17.7 Å². The van der Waals surface area contributed by atoms with Crippen molar-refractivity contribution >= 4 is 11.7 Å². The Labute approximate surface area is 159 Å². The minimum atomic E-state index is -4.53. The third-order valence-electron chi connectivity index (χ3n) is 4.34. The van der Waals surface area contributed by atoms with Crippen molar-refractivity contribution < 1.29 is 22.7 Å². The second kappa shape index (κ2) is 8.47. The molecule has 0 spiro atoms. The van der Waals surface area contributed by atoms with E-state index in [1.54, 1.807) is 0 Å². The van der Waals surface area contributed by atoms with Crippen LogP contribution in [0, 0.1) is 0 Å². The number of nitrogens with zero attached hydrogens (tertiary/aromatic N) is 2. The number of urea groups is 1. The Morgan fingerprint density at radius 3 is 2.64 bits per heavy atom. The average Bonchev–Trinajstić information content (AvgIpc) is 2.65. The van der Waals surface area contributed by atoms with Crippen molar-refractivity contribution in [2.75, 3.05) is 25.0 Å². The van der Waals surface area contributed by atoms with Crippen molar-refractivity contribution in [3.05, 3.63) is 64.6 Å². The van der Waals surface area contributed by atoms with Gasteiger partial charge in [-0.1, -0.05) is 30.3 Å². The molecule has 0 aliphatic carbocycles. The summed E-state index contributed by atoms with van der Waals surface area (Å²) in [6.45, 7) is -0.407. The first-order valence-corrected chi connectivity index (χ1v) is 8.79. The summed E-state index contributed by atoms with van der Waals surface area (Å²) in [5.74, 6) is 0. The topological polar surface area (TPSA) is 63.6 Å². The van der Waals surface area contributed by atoms with Gasteiger partial charge in [0.05, 0.1) is 12.7 Å². The molecule has 1 aromatic heterocycles. The minimum absolute atomic E-state index is 0.192. The van der Waals surface area contributed by atoms with E-state index in [0.717, 1.165) is 11.8 Å². The number of benzene rings is 1. The van der Waals surface area contributed by atoms with Gasteiger partial charge in [0, 0.05) is 25.7 Å². The number of carbonyl (C=O) groups is 1. The van der Waals surface area contributed by atoms with E-state index in [4.69, 9.17) is 4.74 Å². The van der Waals surface area contributed by atoms with Crippen LogP contribution in [0.15, 0.2) is 53.5 Å². The summed E-state index contributed by atoms with van der Waals surface area (Å²) in [6, 6.07) is 11.7. The SMILES string of the molecule is O=C(Nc1cccn(CC(F)(F)F)c1=O)N1CCOC(Cc2ccccc2)C1. The highest BCUT2D eigenvalue weighted by Gasteiger charge is 2.29. The lowest BCUT2D eigenvalue weighted by Gasteiger charge is -2.33. The van der Waals surface area contributed by atoms with Crippen molar-refractivity contribution in [2.45, 2.75) is 25.2 Å². The highest BCUT2D eigenvalue weighted by Crippen LogP contribution is 2.17. The number of hydrogen-bond acceptors (Lipinski definition) is 3. The molecular weight excluding hydrogens is 375 g/mol. The van der Waals surface area contributed by atoms with Gasteiger partial charge in [0.2, 0.25) is 0 Å². The fraction of sp³-hybridized carbons (Fsp3) is 0.368. The van der Waals surface area contributed by atoms with E-state index in [2.05, 4.69) is 5.32 Å². The molecule has 1 fully saturated rings. The Balaban J connectivity index is 1.64. The first-order chi connectivity index (χ1) is 13.3. The molecule has 0 radical (unpaired) electrons. The Morgan fingerprint density at radius 1 is 1.18 bits per heavy atom. The minimum Gasteiger partial charge on any atom is -0.374 e. The Hall–Kier alpha value is -2.81. The molecular formula is C19H20F3N3O3. The molecule has 28 heavy (non-hydrogen) atoms. The largest absolute Gasteiger partial charge is 0.406 e. The number of nitrogens with one attached hydrogen (secondary N) is 1. The number of rotatable bonds is 4. The van der Waals surface area contributed by atoms with Gasteiger partial charge in [-0.15, -0.1) is 0 Å². The Bertz CT molecular complexity index is 868. The number of aromatic nitrogens is 1. The van der Waals surface area contributed by atoms with E-state index in [1.165, 1.54) is 17.0 Å². The number of amides is 2. The number of morpholine rings is 1. The second-order valence-corrected chi connectivity index (χ2v) is 6.53. The number of hydrogen-bond donors (Lipinski definition) is 1. The first-order valence-electron chi connectivity index (χ1n) is 8.79. The van der Waals surface area contributed by atoms with Crippen molar-refractivity contribution in [1.29, 1.82) is 0 Å². The third-order valence-corrected chi connectivity index (χ3v) is 4.34. The molecule has 1 saturated heterocycles. The summed E-state index contributed by atoms with van der Waals surface area (Å²) in [5, 5.41) is 2.42. The monoisotopic (exact) mass is 395 g/mol. The van der Waals surface area contributed by atoms with E-state index in [-0.39, 0.29) is 11.8 Å². The van der Waals surface area contributed by atoms with Crippen LogP contribution in [0.1, 0.15) is 5.56 Å². The second-order valence-electron chi connectivity index (χ2n) is 6.53. The zero-order valence-corrected chi connectivity index (χ0v) is 15.0. The number of anilines is 1. The fourth-order valence-electron chi connectivity index (χ4n) is 3.05. The molecule has 1 aliphatic heterocycles. The number of alkyl halides is 3. The standard InChI is InChI=1S/C19H20F3N3O3/c20-19(21,22)13-25-8-4-7-16(17(25)26)23-18(27)24-9-10-28-15(12-24)11-14-5-2-1-3-6-14/h1-8,15H,9-13H2,(H,23,27). The van der Waals surface area contributed by atoms with Gasteiger partial charge in [-0.3, -0.25) is 4.79 Å². The van der Waals surface area contributed by atoms with Gasteiger partial charge in [0.25, 0.3) is 5.56 Å². The Kier molecular flexibility index (Phi) is 6.03. The summed E-state index contributed by atoms with van der Waals surface area (Å²) in [4.78, 5) is 26.2. The van der Waals surface area contributed by atoms with Gasteiger partial charge in [-0.2, -0.15) is 13.2 Å². The lowest BCUT2D eigenvalue weighted by Crippen LogP contribution is -2.48. The average molecular weight is 395 g/mol. The van der Waals surface area contributed by atoms with E-state index in [1.807, 2.05) is 30.3 Å². The maximum Gasteiger partial charge on any atom is 0.406 e. The number of pyridine rings is 1. The molecule has 2 heterocycles. The van der Waals surface area contributed by atoms with Crippen molar-refractivity contribution in [3.63, 3.8) is 0 Å². The summed E-state index contributed by atoms with van der Waals surface area (Å²) in [6.07, 6.45) is -3.05. The molecule has 1 aliphatic rings. The molecule has 6 nitrogen and oxygen atoms in total. The maximum atomic E-state index is 12.6. The van der Waals surface area contributed by atoms with E-state index in [9.17, 15) is 22.8 Å². The van der Waals surface area contributed by atoms with E-state index in [0.29, 0.717) is 30.7 Å². The van der Waals surface area contributed by atoms with E-state index < -0.39 is 24.3 Å². The lowest BCUT2D eigenvalue weighted by atomic mass is 10.1. The lowest BCUT2D eigenvalue weighted by molar-refractivity contribution is -0.141. The predicted molar refractivity (Wildman–Crippen MR) is 97.2 cm³/mol. The highest BCUT2D eigenvalue weighted by molar-refractivity contribution is 5.89. The summed E-state index contributed by atoms with van der Waals surface area (Å²) >= 11 is 0. The van der Waals surface area contributed by atoms with Gasteiger partial charge in [-0.25, -0.2) is 4.79 Å². The zero-order valence-electron chi connectivity index (χ0n) is 15.0. The van der Waals surface area contributed by atoms with Crippen LogP contribution < -0.4 is 10.9 Å². The molecule has 1 unspecified atom stereocenters. The molecule has 1 N–H and O–H groups in total. The van der Waals surface area contributed by atoms with E-state index >= 15 is 0 Å². The van der Waals surface area contributed by atoms with Crippen molar-refractivity contribution in [1.82, 2.24) is 9.47 Å². The maximum absolute atomic E-state index is 12.6. The molecule has 150 valence electrons. The number of halogens is 3. The Morgan fingerprint density at radius 2 is 1.93 bits per heavy atom. The number of ether oxygens (including phenoxy) is 1. The molecule has 0 saturated carbocycles. The van der Waals surface area contributed by atoms with Crippen LogP contribution in [0.4, 0.5) is 23.7 Å². The van der Waals surface area contributed by atoms with Crippen molar-refractivity contribution in [3.8, 4) is 0 Å². The molecule has 0 bridgehead atoms. The molecule has 1 aromatic carbocycles. The van der Waals surface area contributed by atoms with Gasteiger partial charge in [0.15, 0.2) is 0 Å². The van der Waals surface area contributed by atoms with Gasteiger partial charge < -0.3 is 19.5 Å².